The number of furan rings is 1. The smallest absolute Gasteiger partial charge is 0.337 e. The molecule has 0 radical (unpaired) electrons. The highest BCUT2D eigenvalue weighted by Gasteiger charge is 2.09. The first-order valence-electron chi connectivity index (χ1n) is 5.45. The highest BCUT2D eigenvalue weighted by molar-refractivity contribution is 6.33. The number of hydrogen-bond donors (Lipinski definition) is 2. The van der Waals surface area contributed by atoms with Gasteiger partial charge >= 0.3 is 5.97 Å². The monoisotopic (exact) mass is 278 g/mol. The van der Waals surface area contributed by atoms with E-state index in [0.29, 0.717) is 17.2 Å². The molecule has 0 amide bonds. The minimum atomic E-state index is -1.08. The summed E-state index contributed by atoms with van der Waals surface area (Å²) in [7, 11) is 0. The van der Waals surface area contributed by atoms with E-state index in [9.17, 15) is 4.79 Å². The van der Waals surface area contributed by atoms with Crippen molar-refractivity contribution in [2.45, 2.75) is 6.92 Å². The molecule has 0 aliphatic rings. The van der Waals surface area contributed by atoms with Crippen molar-refractivity contribution < 1.29 is 14.3 Å². The van der Waals surface area contributed by atoms with Gasteiger partial charge in [0, 0.05) is 0 Å². The maximum atomic E-state index is 10.9. The summed E-state index contributed by atoms with van der Waals surface area (Å²) in [6, 6.07) is 8.12. The number of aromatic carboxylic acids is 1. The zero-order chi connectivity index (χ0) is 13.8. The zero-order valence-electron chi connectivity index (χ0n) is 10.1. The van der Waals surface area contributed by atoms with Gasteiger partial charge in [0.1, 0.15) is 11.5 Å². The van der Waals surface area contributed by atoms with Gasteiger partial charge in [-0.25, -0.2) is 4.79 Å². The number of nitrogens with one attached hydrogen (secondary N) is 1. The SMILES string of the molecule is C/C(=N/Nc1ccc(Cl)c(C(=O)O)c1)c1ccco1. The summed E-state index contributed by atoms with van der Waals surface area (Å²) >= 11 is 5.78. The quantitative estimate of drug-likeness (QED) is 0.663. The second-order valence-electron chi connectivity index (χ2n) is 3.79. The Morgan fingerprint density at radius 2 is 2.21 bits per heavy atom. The molecule has 0 saturated heterocycles. The lowest BCUT2D eigenvalue weighted by atomic mass is 10.2. The molecule has 0 fully saturated rings. The topological polar surface area (TPSA) is 74.8 Å². The van der Waals surface area contributed by atoms with Gasteiger partial charge in [-0.1, -0.05) is 11.6 Å². The number of hydrazone groups is 1. The molecule has 2 rings (SSSR count). The number of hydrogen-bond acceptors (Lipinski definition) is 4. The van der Waals surface area contributed by atoms with Gasteiger partial charge < -0.3 is 9.52 Å². The molecule has 2 aromatic rings. The molecule has 6 heteroatoms. The average Bonchev–Trinajstić information content (AvgIpc) is 2.91. The molecule has 1 aromatic carbocycles. The van der Waals surface area contributed by atoms with Crippen LogP contribution in [-0.2, 0) is 0 Å². The Morgan fingerprint density at radius 1 is 1.42 bits per heavy atom. The van der Waals surface area contributed by atoms with Crippen LogP contribution in [-0.4, -0.2) is 16.8 Å². The minimum Gasteiger partial charge on any atom is -0.478 e. The molecule has 0 unspecified atom stereocenters. The fraction of sp³-hybridized carbons (Fsp3) is 0.0769. The van der Waals surface area contributed by atoms with Gasteiger partial charge in [0.15, 0.2) is 0 Å². The molecule has 98 valence electrons. The van der Waals surface area contributed by atoms with Crippen molar-refractivity contribution in [1.82, 2.24) is 0 Å². The molecule has 5 nitrogen and oxygen atoms in total. The van der Waals surface area contributed by atoms with Crippen LogP contribution >= 0.6 is 11.6 Å². The summed E-state index contributed by atoms with van der Waals surface area (Å²) in [6.45, 7) is 1.78. The van der Waals surface area contributed by atoms with E-state index in [1.165, 1.54) is 12.1 Å². The van der Waals surface area contributed by atoms with Gasteiger partial charge in [0.05, 0.1) is 22.5 Å². The van der Waals surface area contributed by atoms with Crippen LogP contribution in [0.4, 0.5) is 5.69 Å². The van der Waals surface area contributed by atoms with Gasteiger partial charge in [0.2, 0.25) is 0 Å². The van der Waals surface area contributed by atoms with Crippen LogP contribution in [0.1, 0.15) is 23.0 Å². The zero-order valence-corrected chi connectivity index (χ0v) is 10.8. The lowest BCUT2D eigenvalue weighted by Crippen LogP contribution is -2.01. The van der Waals surface area contributed by atoms with Crippen LogP contribution in [0.2, 0.25) is 5.02 Å². The minimum absolute atomic E-state index is 0.0255. The molecule has 1 aromatic heterocycles. The van der Waals surface area contributed by atoms with Gasteiger partial charge in [0.25, 0.3) is 0 Å². The van der Waals surface area contributed by atoms with Crippen molar-refractivity contribution >= 4 is 29.0 Å². The van der Waals surface area contributed by atoms with Gasteiger partial charge in [-0.05, 0) is 37.3 Å². The van der Waals surface area contributed by atoms with Crippen molar-refractivity contribution in [2.75, 3.05) is 5.43 Å². The summed E-state index contributed by atoms with van der Waals surface area (Å²) in [5, 5.41) is 13.2. The molecular weight excluding hydrogens is 268 g/mol. The molecule has 0 aliphatic carbocycles. The third-order valence-corrected chi connectivity index (χ3v) is 2.76. The fourth-order valence-corrected chi connectivity index (χ4v) is 1.65. The second-order valence-corrected chi connectivity index (χ2v) is 4.19. The predicted octanol–water partition coefficient (Wildman–Crippen LogP) is 3.47. The molecule has 19 heavy (non-hydrogen) atoms. The molecule has 0 aliphatic heterocycles. The normalized spacial score (nSPS) is 11.4. The third kappa shape index (κ3) is 3.14. The number of carboxylic acids is 1. The maximum absolute atomic E-state index is 10.9. The molecule has 0 atom stereocenters. The van der Waals surface area contributed by atoms with E-state index in [4.69, 9.17) is 21.1 Å². The van der Waals surface area contributed by atoms with E-state index in [2.05, 4.69) is 10.5 Å². The number of nitrogens with zero attached hydrogens (tertiary/aromatic N) is 1. The number of halogens is 1. The first-order chi connectivity index (χ1) is 9.08. The van der Waals surface area contributed by atoms with Gasteiger partial charge in [-0.3, -0.25) is 5.43 Å². The van der Waals surface area contributed by atoms with Crippen LogP contribution in [0.3, 0.4) is 0 Å². The van der Waals surface area contributed by atoms with Crippen molar-refractivity contribution in [3.8, 4) is 0 Å². The highest BCUT2D eigenvalue weighted by Crippen LogP contribution is 2.20. The predicted molar refractivity (Wildman–Crippen MR) is 73.0 cm³/mol. The third-order valence-electron chi connectivity index (χ3n) is 2.43. The lowest BCUT2D eigenvalue weighted by molar-refractivity contribution is 0.0697. The van der Waals surface area contributed by atoms with Crippen LogP contribution < -0.4 is 5.43 Å². The van der Waals surface area contributed by atoms with Crippen molar-refractivity contribution in [3.05, 3.63) is 52.9 Å². The van der Waals surface area contributed by atoms with Crippen LogP contribution in [0.15, 0.2) is 46.1 Å². The average molecular weight is 279 g/mol. The number of anilines is 1. The number of carboxylic acid groups (broad SMARTS) is 1. The second kappa shape index (κ2) is 5.58. The highest BCUT2D eigenvalue weighted by atomic mass is 35.5. The number of rotatable bonds is 4. The molecular formula is C13H11ClN2O3. The Balaban J connectivity index is 2.18. The molecule has 1 heterocycles. The summed E-state index contributed by atoms with van der Waals surface area (Å²) in [6.07, 6.45) is 1.55. The van der Waals surface area contributed by atoms with Crippen molar-refractivity contribution in [2.24, 2.45) is 5.10 Å². The Labute approximate surface area is 114 Å². The van der Waals surface area contributed by atoms with Crippen LogP contribution in [0.5, 0.6) is 0 Å². The largest absolute Gasteiger partial charge is 0.478 e. The van der Waals surface area contributed by atoms with Crippen LogP contribution in [0, 0.1) is 0 Å². The van der Waals surface area contributed by atoms with Crippen molar-refractivity contribution in [1.29, 1.82) is 0 Å². The van der Waals surface area contributed by atoms with Gasteiger partial charge in [-0.15, -0.1) is 0 Å². The summed E-state index contributed by atoms with van der Waals surface area (Å²) in [5.74, 6) is -0.444. The Kier molecular flexibility index (Phi) is 3.87. The lowest BCUT2D eigenvalue weighted by Gasteiger charge is -2.04. The van der Waals surface area contributed by atoms with E-state index >= 15 is 0 Å². The van der Waals surface area contributed by atoms with E-state index in [1.807, 2.05) is 0 Å². The molecule has 0 bridgehead atoms. The molecule has 0 spiro atoms. The Morgan fingerprint density at radius 3 is 2.84 bits per heavy atom. The fourth-order valence-electron chi connectivity index (χ4n) is 1.45. The first kappa shape index (κ1) is 13.2. The van der Waals surface area contributed by atoms with E-state index in [-0.39, 0.29) is 10.6 Å². The number of carbonyl (C=O) groups is 1. The number of benzene rings is 1. The summed E-state index contributed by atoms with van der Waals surface area (Å²) in [5.41, 5.74) is 3.97. The van der Waals surface area contributed by atoms with E-state index < -0.39 is 5.97 Å². The Bertz CT molecular complexity index is 621. The van der Waals surface area contributed by atoms with Crippen LogP contribution in [0.25, 0.3) is 0 Å². The molecule has 2 N–H and O–H groups in total. The van der Waals surface area contributed by atoms with E-state index in [1.54, 1.807) is 31.4 Å². The van der Waals surface area contributed by atoms with Gasteiger partial charge in [-0.2, -0.15) is 5.10 Å². The molecule has 0 saturated carbocycles. The van der Waals surface area contributed by atoms with E-state index in [0.717, 1.165) is 0 Å². The Hall–Kier alpha value is -2.27. The standard InChI is InChI=1S/C13H11ClN2O3/c1-8(12-3-2-6-19-12)15-16-9-4-5-11(14)10(7-9)13(17)18/h2-7,16H,1H3,(H,17,18)/b15-8-. The summed E-state index contributed by atoms with van der Waals surface area (Å²) in [4.78, 5) is 10.9. The van der Waals surface area contributed by atoms with Crippen molar-refractivity contribution in [3.63, 3.8) is 0 Å². The maximum Gasteiger partial charge on any atom is 0.337 e. The first-order valence-corrected chi connectivity index (χ1v) is 5.83. The summed E-state index contributed by atoms with van der Waals surface area (Å²) < 4.78 is 5.18.